The van der Waals surface area contributed by atoms with Crippen molar-refractivity contribution in [1.82, 2.24) is 15.2 Å². The van der Waals surface area contributed by atoms with Crippen molar-refractivity contribution in [3.05, 3.63) is 99.7 Å². The zero-order valence-corrected chi connectivity index (χ0v) is 25.1. The van der Waals surface area contributed by atoms with Gasteiger partial charge in [-0.05, 0) is 58.5 Å². The van der Waals surface area contributed by atoms with Crippen molar-refractivity contribution >= 4 is 45.9 Å². The van der Waals surface area contributed by atoms with Gasteiger partial charge in [-0.25, -0.2) is 0 Å². The topological polar surface area (TPSA) is 92.2 Å². The average Bonchev–Trinajstić information content (AvgIpc) is 3.26. The zero-order valence-electron chi connectivity index (χ0n) is 24.4. The van der Waals surface area contributed by atoms with Gasteiger partial charge in [0.25, 0.3) is 11.8 Å². The molecule has 0 bridgehead atoms. The van der Waals surface area contributed by atoms with Crippen molar-refractivity contribution in [2.75, 3.05) is 5.32 Å². The lowest BCUT2D eigenvalue weighted by Crippen LogP contribution is -2.27. The van der Waals surface area contributed by atoms with Crippen molar-refractivity contribution in [3.8, 4) is 0 Å². The molecule has 0 radical (unpaired) electrons. The Morgan fingerprint density at radius 1 is 0.829 bits per heavy atom. The minimum absolute atomic E-state index is 0.0649. The normalized spacial score (nSPS) is 11.5. The van der Waals surface area contributed by atoms with Crippen LogP contribution in [0.3, 0.4) is 0 Å². The van der Waals surface area contributed by atoms with Crippen LogP contribution in [0.25, 0.3) is 10.9 Å². The Bertz CT molecular complexity index is 1600. The maximum Gasteiger partial charge on any atom is 0.268 e. The van der Waals surface area contributed by atoms with E-state index in [1.165, 1.54) is 5.56 Å². The molecule has 0 atom stereocenters. The van der Waals surface area contributed by atoms with Crippen LogP contribution in [0.2, 0.25) is 5.02 Å². The molecule has 0 spiro atoms. The molecule has 0 aliphatic heterocycles. The molecule has 41 heavy (non-hydrogen) atoms. The quantitative estimate of drug-likeness (QED) is 0.222. The first-order valence-electron chi connectivity index (χ1n) is 13.7. The number of carbonyl (C=O) groups is 3. The third-order valence-electron chi connectivity index (χ3n) is 7.07. The number of aryl methyl sites for hydroxylation is 1. The molecule has 0 aliphatic rings. The largest absolute Gasteiger partial charge is 0.352 e. The molecule has 4 aromatic rings. The molecule has 0 saturated carbocycles. The number of fused-ring (bicyclic) bond motifs is 1. The van der Waals surface area contributed by atoms with Gasteiger partial charge in [-0.1, -0.05) is 76.6 Å². The summed E-state index contributed by atoms with van der Waals surface area (Å²) < 4.78 is 1.84. The molecule has 0 fully saturated rings. The Morgan fingerprint density at radius 3 is 2.15 bits per heavy atom. The molecule has 3 N–H and O–H groups in total. The number of nitrogens with zero attached hydrogens (tertiary/aromatic N) is 1. The second-order valence-electron chi connectivity index (χ2n) is 11.6. The number of aromatic nitrogens is 1. The maximum atomic E-state index is 13.1. The van der Waals surface area contributed by atoms with Gasteiger partial charge in [-0.15, -0.1) is 0 Å². The van der Waals surface area contributed by atoms with E-state index in [1.54, 1.807) is 24.3 Å². The molecule has 1 aromatic heterocycles. The number of halogens is 1. The van der Waals surface area contributed by atoms with Crippen LogP contribution in [0, 0.1) is 5.92 Å². The van der Waals surface area contributed by atoms with Gasteiger partial charge in [0, 0.05) is 42.6 Å². The summed E-state index contributed by atoms with van der Waals surface area (Å²) in [5, 5.41) is 9.89. The third kappa shape index (κ3) is 7.16. The van der Waals surface area contributed by atoms with Crippen LogP contribution in [0.1, 0.15) is 72.2 Å². The number of hydrogen-bond donors (Lipinski definition) is 3. The number of anilines is 1. The summed E-state index contributed by atoms with van der Waals surface area (Å²) in [6, 6.07) is 20.7. The van der Waals surface area contributed by atoms with Crippen LogP contribution in [-0.2, 0) is 30.3 Å². The van der Waals surface area contributed by atoms with E-state index in [0.29, 0.717) is 35.1 Å². The van der Waals surface area contributed by atoms with Crippen molar-refractivity contribution in [1.29, 1.82) is 0 Å². The fourth-order valence-corrected chi connectivity index (χ4v) is 4.69. The Labute approximate surface area is 246 Å². The number of benzene rings is 3. The number of carbonyl (C=O) groups excluding carboxylic acids is 3. The van der Waals surface area contributed by atoms with Crippen LogP contribution in [-0.4, -0.2) is 22.3 Å². The van der Waals surface area contributed by atoms with Crippen molar-refractivity contribution < 1.29 is 14.4 Å². The molecule has 8 heteroatoms. The lowest BCUT2D eigenvalue weighted by Gasteiger charge is -2.19. The molecule has 3 amide bonds. The first-order chi connectivity index (χ1) is 19.3. The van der Waals surface area contributed by atoms with Gasteiger partial charge in [0.05, 0.1) is 10.6 Å². The molecule has 214 valence electrons. The SMILES string of the molecule is CC(C)C(=O)NCc1ccc(Cl)c(C(=O)Nc2ccc3c(c2)cc(C(=O)NCc2ccc(C(C)(C)C)cc2)n3C)c1. The summed E-state index contributed by atoms with van der Waals surface area (Å²) in [7, 11) is 1.84. The second kappa shape index (κ2) is 12.2. The summed E-state index contributed by atoms with van der Waals surface area (Å²) in [6.07, 6.45) is 0. The summed E-state index contributed by atoms with van der Waals surface area (Å²) in [5.41, 5.74) is 5.39. The summed E-state index contributed by atoms with van der Waals surface area (Å²) in [5.74, 6) is -0.736. The standard InChI is InChI=1S/C33H37ClN4O3/c1-20(2)30(39)35-19-22-9-13-27(34)26(15-22)31(40)37-25-12-14-28-23(16-25)17-29(38(28)6)32(41)36-18-21-7-10-24(11-8-21)33(3,4)5/h7-17,20H,18-19H2,1-6H3,(H,35,39)(H,36,41)(H,37,40). The molecule has 0 unspecified atom stereocenters. The van der Waals surface area contributed by atoms with Gasteiger partial charge in [-0.2, -0.15) is 0 Å². The average molecular weight is 573 g/mol. The third-order valence-corrected chi connectivity index (χ3v) is 7.40. The first kappa shape index (κ1) is 29.9. The van der Waals surface area contributed by atoms with E-state index in [1.807, 2.05) is 55.8 Å². The molecule has 4 rings (SSSR count). The van der Waals surface area contributed by atoms with Crippen LogP contribution in [0.15, 0.2) is 66.7 Å². The van der Waals surface area contributed by atoms with Gasteiger partial charge in [0.1, 0.15) is 5.69 Å². The van der Waals surface area contributed by atoms with E-state index < -0.39 is 0 Å². The smallest absolute Gasteiger partial charge is 0.268 e. The van der Waals surface area contributed by atoms with Crippen LogP contribution in [0.5, 0.6) is 0 Å². The van der Waals surface area contributed by atoms with E-state index in [0.717, 1.165) is 22.0 Å². The first-order valence-corrected chi connectivity index (χ1v) is 14.1. The minimum Gasteiger partial charge on any atom is -0.352 e. The molecular weight excluding hydrogens is 536 g/mol. The molecule has 7 nitrogen and oxygen atoms in total. The van der Waals surface area contributed by atoms with Gasteiger partial charge >= 0.3 is 0 Å². The Morgan fingerprint density at radius 2 is 1.49 bits per heavy atom. The Balaban J connectivity index is 1.45. The van der Waals surface area contributed by atoms with Gasteiger partial charge in [-0.3, -0.25) is 14.4 Å². The maximum absolute atomic E-state index is 13.1. The molecule has 0 aliphatic carbocycles. The molecule has 3 aromatic carbocycles. The highest BCUT2D eigenvalue weighted by atomic mass is 35.5. The predicted octanol–water partition coefficient (Wildman–Crippen LogP) is 6.58. The second-order valence-corrected chi connectivity index (χ2v) is 12.0. The minimum atomic E-state index is -0.363. The zero-order chi connectivity index (χ0) is 29.9. The van der Waals surface area contributed by atoms with E-state index in [4.69, 9.17) is 11.6 Å². The van der Waals surface area contributed by atoms with E-state index >= 15 is 0 Å². The van der Waals surface area contributed by atoms with Crippen LogP contribution >= 0.6 is 11.6 Å². The number of amides is 3. The lowest BCUT2D eigenvalue weighted by atomic mass is 9.87. The Kier molecular flexibility index (Phi) is 8.88. The van der Waals surface area contributed by atoms with Crippen molar-refractivity contribution in [3.63, 3.8) is 0 Å². The summed E-state index contributed by atoms with van der Waals surface area (Å²) in [6.45, 7) is 10.9. The van der Waals surface area contributed by atoms with E-state index in [9.17, 15) is 14.4 Å². The molecule has 0 saturated heterocycles. The predicted molar refractivity (Wildman–Crippen MR) is 165 cm³/mol. The fraction of sp³-hybridized carbons (Fsp3) is 0.303. The van der Waals surface area contributed by atoms with Crippen molar-refractivity contribution in [2.24, 2.45) is 13.0 Å². The highest BCUT2D eigenvalue weighted by Crippen LogP contribution is 2.25. The summed E-state index contributed by atoms with van der Waals surface area (Å²) in [4.78, 5) is 38.1. The highest BCUT2D eigenvalue weighted by molar-refractivity contribution is 6.34. The van der Waals surface area contributed by atoms with Crippen molar-refractivity contribution in [2.45, 2.75) is 53.1 Å². The van der Waals surface area contributed by atoms with E-state index in [-0.39, 0.29) is 29.1 Å². The van der Waals surface area contributed by atoms with Gasteiger partial charge in [0.15, 0.2) is 0 Å². The number of nitrogens with one attached hydrogen (secondary N) is 3. The molecule has 1 heterocycles. The number of rotatable bonds is 8. The lowest BCUT2D eigenvalue weighted by molar-refractivity contribution is -0.124. The highest BCUT2D eigenvalue weighted by Gasteiger charge is 2.17. The van der Waals surface area contributed by atoms with Crippen LogP contribution in [0.4, 0.5) is 5.69 Å². The summed E-state index contributed by atoms with van der Waals surface area (Å²) >= 11 is 6.33. The van der Waals surface area contributed by atoms with Crippen LogP contribution < -0.4 is 16.0 Å². The fourth-order valence-electron chi connectivity index (χ4n) is 4.49. The van der Waals surface area contributed by atoms with Gasteiger partial charge in [0.2, 0.25) is 5.91 Å². The molecular formula is C33H37ClN4O3. The Hall–Kier alpha value is -4.10. The van der Waals surface area contributed by atoms with Gasteiger partial charge < -0.3 is 20.5 Å². The van der Waals surface area contributed by atoms with E-state index in [2.05, 4.69) is 48.9 Å². The number of hydrogen-bond acceptors (Lipinski definition) is 3. The monoisotopic (exact) mass is 572 g/mol.